The largest absolute Gasteiger partial charge is 0.508 e. The van der Waals surface area contributed by atoms with Crippen LogP contribution in [0, 0.1) is 0 Å². The standard InChI is InChI=1S/C30H22O9/c31-17-6-1-15(2-7-17)3-12-21(34)25-23(36)14-24(37)26-27(28(38)20-11-10-19(33)13-22(20)35)29(39-30(25)26)16-4-8-18(32)9-5-16/h1-14,27,29,31-33,35-37H/t27-,29-/m1/s1. The van der Waals surface area contributed by atoms with E-state index in [1.165, 1.54) is 60.7 Å². The van der Waals surface area contributed by atoms with E-state index in [-0.39, 0.29) is 39.7 Å². The number of phenolic OH excluding ortho intramolecular Hbond substituents is 6. The van der Waals surface area contributed by atoms with Crippen LogP contribution in [-0.4, -0.2) is 42.2 Å². The molecule has 0 saturated carbocycles. The van der Waals surface area contributed by atoms with E-state index >= 15 is 0 Å². The first-order valence-electron chi connectivity index (χ1n) is 11.8. The van der Waals surface area contributed by atoms with Gasteiger partial charge in [0.15, 0.2) is 11.6 Å². The molecule has 39 heavy (non-hydrogen) atoms. The quantitative estimate of drug-likeness (QED) is 0.151. The molecular formula is C30H22O9. The minimum absolute atomic E-state index is 0.0379. The Balaban J connectivity index is 1.64. The lowest BCUT2D eigenvalue weighted by Gasteiger charge is -2.19. The first kappa shape index (κ1) is 25.2. The highest BCUT2D eigenvalue weighted by Gasteiger charge is 2.46. The zero-order chi connectivity index (χ0) is 27.8. The van der Waals surface area contributed by atoms with E-state index in [9.17, 15) is 40.2 Å². The first-order chi connectivity index (χ1) is 18.6. The number of ether oxygens (including phenoxy) is 1. The number of aromatic hydroxyl groups is 6. The lowest BCUT2D eigenvalue weighted by molar-refractivity contribution is 0.0891. The molecule has 5 rings (SSSR count). The summed E-state index contributed by atoms with van der Waals surface area (Å²) in [6.45, 7) is 0. The molecule has 0 saturated heterocycles. The van der Waals surface area contributed by atoms with Crippen LogP contribution in [0.1, 0.15) is 49.4 Å². The van der Waals surface area contributed by atoms with Crippen molar-refractivity contribution in [2.75, 3.05) is 0 Å². The topological polar surface area (TPSA) is 165 Å². The molecule has 9 heteroatoms. The number of benzene rings is 4. The summed E-state index contributed by atoms with van der Waals surface area (Å²) in [6, 6.07) is 16.2. The molecule has 0 fully saturated rings. The van der Waals surface area contributed by atoms with Gasteiger partial charge in [0.1, 0.15) is 51.9 Å². The van der Waals surface area contributed by atoms with E-state index in [1.807, 2.05) is 0 Å². The van der Waals surface area contributed by atoms with E-state index in [0.717, 1.165) is 12.1 Å². The van der Waals surface area contributed by atoms with E-state index < -0.39 is 40.8 Å². The van der Waals surface area contributed by atoms with Crippen molar-refractivity contribution < 1.29 is 45.0 Å². The van der Waals surface area contributed by atoms with Crippen molar-refractivity contribution in [1.82, 2.24) is 0 Å². The maximum atomic E-state index is 13.8. The molecule has 0 aromatic heterocycles. The van der Waals surface area contributed by atoms with Crippen molar-refractivity contribution in [3.05, 3.63) is 107 Å². The molecule has 0 radical (unpaired) electrons. The highest BCUT2D eigenvalue weighted by atomic mass is 16.5. The summed E-state index contributed by atoms with van der Waals surface area (Å²) in [5.41, 5.74) is 0.495. The fourth-order valence-corrected chi connectivity index (χ4v) is 4.58. The Morgan fingerprint density at radius 2 is 1.31 bits per heavy atom. The summed E-state index contributed by atoms with van der Waals surface area (Å²) in [5, 5.41) is 60.8. The second-order valence-electron chi connectivity index (χ2n) is 9.00. The number of ketones is 2. The van der Waals surface area contributed by atoms with Crippen LogP contribution >= 0.6 is 0 Å². The van der Waals surface area contributed by atoms with Crippen LogP contribution in [0.4, 0.5) is 0 Å². The van der Waals surface area contributed by atoms with Crippen molar-refractivity contribution in [2.45, 2.75) is 12.0 Å². The smallest absolute Gasteiger partial charge is 0.193 e. The van der Waals surface area contributed by atoms with E-state index in [2.05, 4.69) is 0 Å². The van der Waals surface area contributed by atoms with E-state index in [4.69, 9.17) is 4.74 Å². The second-order valence-corrected chi connectivity index (χ2v) is 9.00. The van der Waals surface area contributed by atoms with Crippen LogP contribution in [0.5, 0.6) is 40.2 Å². The summed E-state index contributed by atoms with van der Waals surface area (Å²) in [7, 11) is 0. The molecule has 0 unspecified atom stereocenters. The third kappa shape index (κ3) is 4.69. The number of carbonyl (C=O) groups excluding carboxylic acids is 2. The van der Waals surface area contributed by atoms with Gasteiger partial charge in [-0.1, -0.05) is 30.3 Å². The number of phenols is 6. The zero-order valence-corrected chi connectivity index (χ0v) is 20.1. The molecule has 9 nitrogen and oxygen atoms in total. The second kappa shape index (κ2) is 9.79. The fourth-order valence-electron chi connectivity index (χ4n) is 4.58. The average Bonchev–Trinajstić information content (AvgIpc) is 3.29. The maximum absolute atomic E-state index is 13.8. The highest BCUT2D eigenvalue weighted by Crippen LogP contribution is 2.55. The Kier molecular flexibility index (Phi) is 6.33. The van der Waals surface area contributed by atoms with Crippen LogP contribution in [-0.2, 0) is 0 Å². The number of carbonyl (C=O) groups is 2. The highest BCUT2D eigenvalue weighted by molar-refractivity contribution is 6.12. The maximum Gasteiger partial charge on any atom is 0.193 e. The van der Waals surface area contributed by atoms with Crippen molar-refractivity contribution in [1.29, 1.82) is 0 Å². The summed E-state index contributed by atoms with van der Waals surface area (Å²) >= 11 is 0. The van der Waals surface area contributed by atoms with Gasteiger partial charge >= 0.3 is 0 Å². The molecule has 1 aliphatic heterocycles. The number of hydrogen-bond acceptors (Lipinski definition) is 9. The van der Waals surface area contributed by atoms with Gasteiger partial charge in [-0.2, -0.15) is 0 Å². The van der Waals surface area contributed by atoms with Crippen molar-refractivity contribution in [3.63, 3.8) is 0 Å². The molecule has 2 atom stereocenters. The van der Waals surface area contributed by atoms with Gasteiger partial charge < -0.3 is 35.4 Å². The van der Waals surface area contributed by atoms with Crippen molar-refractivity contribution >= 4 is 17.6 Å². The summed E-state index contributed by atoms with van der Waals surface area (Å²) < 4.78 is 6.09. The summed E-state index contributed by atoms with van der Waals surface area (Å²) in [4.78, 5) is 27.0. The minimum atomic E-state index is -1.27. The number of allylic oxidation sites excluding steroid dienone is 1. The van der Waals surface area contributed by atoms with Gasteiger partial charge in [0.05, 0.1) is 17.0 Å². The van der Waals surface area contributed by atoms with Gasteiger partial charge in [-0.05, 0) is 53.6 Å². The lowest BCUT2D eigenvalue weighted by atomic mass is 9.83. The van der Waals surface area contributed by atoms with Crippen LogP contribution < -0.4 is 4.74 Å². The van der Waals surface area contributed by atoms with E-state index in [0.29, 0.717) is 11.1 Å². The normalized spacial score (nSPS) is 16.1. The Labute approximate surface area is 221 Å². The Bertz CT molecular complexity index is 1620. The number of fused-ring (bicyclic) bond motifs is 1. The molecule has 0 bridgehead atoms. The Morgan fingerprint density at radius 1 is 0.692 bits per heavy atom. The Morgan fingerprint density at radius 3 is 1.95 bits per heavy atom. The molecule has 6 N–H and O–H groups in total. The molecular weight excluding hydrogens is 504 g/mol. The van der Waals surface area contributed by atoms with Gasteiger partial charge in [-0.25, -0.2) is 0 Å². The minimum Gasteiger partial charge on any atom is -0.508 e. The van der Waals surface area contributed by atoms with Crippen LogP contribution in [0.3, 0.4) is 0 Å². The number of rotatable bonds is 6. The molecule has 4 aromatic carbocycles. The molecule has 0 aliphatic carbocycles. The van der Waals surface area contributed by atoms with Gasteiger partial charge in [-0.3, -0.25) is 9.59 Å². The van der Waals surface area contributed by atoms with Crippen molar-refractivity contribution in [2.24, 2.45) is 0 Å². The molecule has 4 aromatic rings. The van der Waals surface area contributed by atoms with Gasteiger partial charge in [-0.15, -0.1) is 0 Å². The summed E-state index contributed by atoms with van der Waals surface area (Å²) in [6.07, 6.45) is 1.53. The molecule has 0 amide bonds. The van der Waals surface area contributed by atoms with Crippen LogP contribution in [0.15, 0.2) is 78.9 Å². The third-order valence-electron chi connectivity index (χ3n) is 6.45. The molecule has 1 heterocycles. The van der Waals surface area contributed by atoms with Gasteiger partial charge in [0.2, 0.25) is 0 Å². The SMILES string of the molecule is O=C(C=Cc1ccc(O)cc1)c1c(O)cc(O)c2c1O[C@H](c1ccc(O)cc1)[C@H]2C(=O)c1ccc(O)cc1O. The van der Waals surface area contributed by atoms with E-state index in [1.54, 1.807) is 12.1 Å². The summed E-state index contributed by atoms with van der Waals surface area (Å²) in [5.74, 6) is -4.65. The lowest BCUT2D eigenvalue weighted by Crippen LogP contribution is -2.19. The van der Waals surface area contributed by atoms with Crippen LogP contribution in [0.2, 0.25) is 0 Å². The Hall–Kier alpha value is -5.44. The third-order valence-corrected chi connectivity index (χ3v) is 6.45. The molecule has 1 aliphatic rings. The molecule has 196 valence electrons. The first-order valence-corrected chi connectivity index (χ1v) is 11.8. The number of hydrogen-bond donors (Lipinski definition) is 6. The fraction of sp³-hybridized carbons (Fsp3) is 0.0667. The van der Waals surface area contributed by atoms with Crippen molar-refractivity contribution in [3.8, 4) is 40.2 Å². The van der Waals surface area contributed by atoms with Gasteiger partial charge in [0.25, 0.3) is 0 Å². The predicted molar refractivity (Wildman–Crippen MR) is 140 cm³/mol. The monoisotopic (exact) mass is 526 g/mol. The number of Topliss-reactive ketones (excluding diaryl/α,β-unsaturated/α-hetero) is 1. The van der Waals surface area contributed by atoms with Crippen LogP contribution in [0.25, 0.3) is 6.08 Å². The zero-order valence-electron chi connectivity index (χ0n) is 20.1. The molecule has 0 spiro atoms. The predicted octanol–water partition coefficient (Wildman–Crippen LogP) is 4.92. The van der Waals surface area contributed by atoms with Gasteiger partial charge in [0, 0.05) is 12.1 Å². The average molecular weight is 526 g/mol.